The molecule has 2 heterocycles. The van der Waals surface area contributed by atoms with Gasteiger partial charge in [0.25, 0.3) is 0 Å². The highest BCUT2D eigenvalue weighted by molar-refractivity contribution is 6.31. The van der Waals surface area contributed by atoms with Crippen LogP contribution in [0.5, 0.6) is 5.75 Å². The summed E-state index contributed by atoms with van der Waals surface area (Å²) < 4.78 is 19.8. The van der Waals surface area contributed by atoms with Gasteiger partial charge in [-0.2, -0.15) is 0 Å². The molecule has 0 aliphatic carbocycles. The van der Waals surface area contributed by atoms with Gasteiger partial charge in [-0.25, -0.2) is 14.4 Å². The maximum absolute atomic E-state index is 14.3. The second-order valence-electron chi connectivity index (χ2n) is 7.20. The molecule has 31 heavy (non-hydrogen) atoms. The molecule has 1 aliphatic rings. The second-order valence-corrected chi connectivity index (χ2v) is 7.61. The first-order valence-electron chi connectivity index (χ1n) is 9.68. The second kappa shape index (κ2) is 9.01. The van der Waals surface area contributed by atoms with E-state index >= 15 is 0 Å². The molecule has 1 aromatic heterocycles. The Hall–Kier alpha value is -3.01. The Morgan fingerprint density at radius 1 is 1.39 bits per heavy atom. The Morgan fingerprint density at radius 3 is 2.97 bits per heavy atom. The van der Waals surface area contributed by atoms with Crippen LogP contribution >= 0.6 is 11.6 Å². The molecule has 4 rings (SSSR count). The van der Waals surface area contributed by atoms with Crippen molar-refractivity contribution in [2.45, 2.75) is 25.1 Å². The smallest absolute Gasteiger partial charge is 0.237 e. The van der Waals surface area contributed by atoms with Gasteiger partial charge in [-0.1, -0.05) is 17.7 Å². The molecule has 3 aromatic rings. The number of aromatic nitrogens is 2. The molecule has 1 fully saturated rings. The van der Waals surface area contributed by atoms with Gasteiger partial charge in [0.15, 0.2) is 5.82 Å². The summed E-state index contributed by atoms with van der Waals surface area (Å²) in [5, 5.41) is 19.0. The molecule has 0 radical (unpaired) electrons. The number of anilines is 2. The van der Waals surface area contributed by atoms with E-state index in [-0.39, 0.29) is 23.2 Å². The molecule has 0 bridgehead atoms. The van der Waals surface area contributed by atoms with Crippen LogP contribution in [0.25, 0.3) is 10.9 Å². The van der Waals surface area contributed by atoms with E-state index in [0.717, 1.165) is 0 Å². The number of fused-ring (bicyclic) bond motifs is 1. The molecule has 0 spiro atoms. The highest BCUT2D eigenvalue weighted by Gasteiger charge is 2.28. The summed E-state index contributed by atoms with van der Waals surface area (Å²) in [5.41, 5.74) is 1.47. The average molecular weight is 446 g/mol. The van der Waals surface area contributed by atoms with E-state index in [1.807, 2.05) is 0 Å². The summed E-state index contributed by atoms with van der Waals surface area (Å²) in [6.07, 6.45) is 1.21. The minimum absolute atomic E-state index is 0.000858. The number of halogens is 2. The molecule has 2 atom stereocenters. The van der Waals surface area contributed by atoms with Crippen molar-refractivity contribution in [3.8, 4) is 5.75 Å². The number of amides is 1. The lowest BCUT2D eigenvalue weighted by Gasteiger charge is -2.15. The number of carbonyl (C=O) groups is 1. The number of hydrogen-bond donors (Lipinski definition) is 4. The Balaban J connectivity index is 1.62. The highest BCUT2D eigenvalue weighted by Crippen LogP contribution is 2.31. The van der Waals surface area contributed by atoms with Crippen LogP contribution in [0.15, 0.2) is 36.7 Å². The maximum atomic E-state index is 14.3. The third-order valence-corrected chi connectivity index (χ3v) is 5.41. The summed E-state index contributed by atoms with van der Waals surface area (Å²) in [5.74, 6) is 0.151. The fraction of sp³-hybridized carbons (Fsp3) is 0.286. The zero-order chi connectivity index (χ0) is 22.0. The number of benzene rings is 2. The Bertz CT molecular complexity index is 1130. The zero-order valence-electron chi connectivity index (χ0n) is 16.7. The molecule has 0 saturated carbocycles. The van der Waals surface area contributed by atoms with Gasteiger partial charge in [-0.3, -0.25) is 4.79 Å². The molecule has 8 nitrogen and oxygen atoms in total. The minimum atomic E-state index is -0.580. The van der Waals surface area contributed by atoms with Crippen LogP contribution in [0.4, 0.5) is 15.9 Å². The molecule has 2 aromatic carbocycles. The fourth-order valence-electron chi connectivity index (χ4n) is 3.51. The van der Waals surface area contributed by atoms with Crippen molar-refractivity contribution in [1.29, 1.82) is 0 Å². The first kappa shape index (κ1) is 21.2. The van der Waals surface area contributed by atoms with Crippen molar-refractivity contribution < 1.29 is 19.0 Å². The van der Waals surface area contributed by atoms with Crippen LogP contribution in [0, 0.1) is 5.82 Å². The highest BCUT2D eigenvalue weighted by atomic mass is 35.5. The van der Waals surface area contributed by atoms with E-state index in [2.05, 4.69) is 25.9 Å². The molecule has 0 unspecified atom stereocenters. The molecule has 1 aliphatic heterocycles. The first-order valence-corrected chi connectivity index (χ1v) is 10.1. The number of ether oxygens (including phenoxy) is 1. The summed E-state index contributed by atoms with van der Waals surface area (Å²) in [7, 11) is 1.53. The lowest BCUT2D eigenvalue weighted by molar-refractivity contribution is -0.123. The monoisotopic (exact) mass is 445 g/mol. The quantitative estimate of drug-likeness (QED) is 0.461. The fourth-order valence-corrected chi connectivity index (χ4v) is 3.68. The third kappa shape index (κ3) is 4.53. The predicted molar refractivity (Wildman–Crippen MR) is 115 cm³/mol. The van der Waals surface area contributed by atoms with Crippen molar-refractivity contribution in [3.05, 3.63) is 53.1 Å². The van der Waals surface area contributed by atoms with Crippen LogP contribution in [-0.4, -0.2) is 46.8 Å². The van der Waals surface area contributed by atoms with Crippen LogP contribution in [0.1, 0.15) is 12.0 Å². The topological polar surface area (TPSA) is 108 Å². The van der Waals surface area contributed by atoms with E-state index in [1.165, 1.54) is 19.5 Å². The van der Waals surface area contributed by atoms with Gasteiger partial charge >= 0.3 is 0 Å². The van der Waals surface area contributed by atoms with Gasteiger partial charge in [-0.05, 0) is 24.6 Å². The number of β-amino-alcohol motifs (C(OH)–C–C–N with tert-alkyl or cyclic N) is 1. The van der Waals surface area contributed by atoms with E-state index < -0.39 is 18.0 Å². The molecule has 4 N–H and O–H groups in total. The summed E-state index contributed by atoms with van der Waals surface area (Å²) >= 11 is 5.87. The van der Waals surface area contributed by atoms with Crippen molar-refractivity contribution in [3.63, 3.8) is 0 Å². The number of rotatable bonds is 6. The normalized spacial score (nSPS) is 18.2. The van der Waals surface area contributed by atoms with Crippen molar-refractivity contribution in [1.82, 2.24) is 20.6 Å². The average Bonchev–Trinajstić information content (AvgIpc) is 3.21. The molecule has 10 heteroatoms. The van der Waals surface area contributed by atoms with Crippen molar-refractivity contribution in [2.75, 3.05) is 19.0 Å². The summed E-state index contributed by atoms with van der Waals surface area (Å²) in [6, 6.07) is 7.74. The van der Waals surface area contributed by atoms with Gasteiger partial charge < -0.3 is 25.8 Å². The Kier molecular flexibility index (Phi) is 6.17. The number of aliphatic hydroxyl groups excluding tert-OH is 1. The Morgan fingerprint density at radius 2 is 2.23 bits per heavy atom. The van der Waals surface area contributed by atoms with Crippen LogP contribution in [-0.2, 0) is 11.3 Å². The lowest BCUT2D eigenvalue weighted by Crippen LogP contribution is -2.40. The van der Waals surface area contributed by atoms with E-state index in [0.29, 0.717) is 41.0 Å². The molecular weight excluding hydrogens is 425 g/mol. The number of aliphatic hydroxyl groups is 1. The van der Waals surface area contributed by atoms with Gasteiger partial charge in [0, 0.05) is 30.1 Å². The summed E-state index contributed by atoms with van der Waals surface area (Å²) in [6.45, 7) is 0.593. The number of nitrogens with zero attached hydrogens (tertiary/aromatic N) is 2. The summed E-state index contributed by atoms with van der Waals surface area (Å²) in [4.78, 5) is 20.9. The van der Waals surface area contributed by atoms with E-state index in [4.69, 9.17) is 16.3 Å². The number of methoxy groups -OCH3 is 1. The zero-order valence-corrected chi connectivity index (χ0v) is 17.4. The maximum Gasteiger partial charge on any atom is 0.237 e. The van der Waals surface area contributed by atoms with Gasteiger partial charge in [0.1, 0.15) is 17.9 Å². The molecule has 162 valence electrons. The van der Waals surface area contributed by atoms with Crippen molar-refractivity contribution in [2.24, 2.45) is 0 Å². The molecule has 1 saturated heterocycles. The van der Waals surface area contributed by atoms with Gasteiger partial charge in [0.05, 0.1) is 35.5 Å². The molecule has 1 amide bonds. The largest absolute Gasteiger partial charge is 0.496 e. The standard InChI is InChI=1S/C21H21ClFN5O3/c1-31-18-7-16-13(5-11(18)8-25-21(30)17-6-12(29)9-24-17)20(27-10-26-16)28-15-4-2-3-14(22)19(15)23/h2-5,7,10,12,17,24,29H,6,8-9H2,1H3,(H,25,30)(H,26,27,28)/t12-,17+/m0/s1. The molecular formula is C21H21ClFN5O3. The SMILES string of the molecule is COc1cc2ncnc(Nc3cccc(Cl)c3F)c2cc1CNC(=O)[C@H]1C[C@H](O)CN1. The van der Waals surface area contributed by atoms with Gasteiger partial charge in [-0.15, -0.1) is 0 Å². The lowest BCUT2D eigenvalue weighted by atomic mass is 10.1. The minimum Gasteiger partial charge on any atom is -0.496 e. The number of carbonyl (C=O) groups excluding carboxylic acids is 1. The first-order chi connectivity index (χ1) is 15.0. The van der Waals surface area contributed by atoms with Gasteiger partial charge in [0.2, 0.25) is 5.91 Å². The third-order valence-electron chi connectivity index (χ3n) is 5.12. The predicted octanol–water partition coefficient (Wildman–Crippen LogP) is 2.51. The van der Waals surface area contributed by atoms with E-state index in [9.17, 15) is 14.3 Å². The number of hydrogen-bond acceptors (Lipinski definition) is 7. The van der Waals surface area contributed by atoms with E-state index in [1.54, 1.807) is 24.3 Å². The Labute approximate surface area is 182 Å². The van der Waals surface area contributed by atoms with Crippen LogP contribution in [0.3, 0.4) is 0 Å². The van der Waals surface area contributed by atoms with Crippen LogP contribution < -0.4 is 20.7 Å². The van der Waals surface area contributed by atoms with Crippen molar-refractivity contribution >= 4 is 39.9 Å². The number of nitrogens with one attached hydrogen (secondary N) is 3. The van der Waals surface area contributed by atoms with Crippen LogP contribution in [0.2, 0.25) is 5.02 Å².